The summed E-state index contributed by atoms with van der Waals surface area (Å²) in [7, 11) is 0. The minimum absolute atomic E-state index is 0.124. The third-order valence-corrected chi connectivity index (χ3v) is 0.938. The van der Waals surface area contributed by atoms with Crippen LogP contribution in [0.5, 0.6) is 0 Å². The van der Waals surface area contributed by atoms with Gasteiger partial charge in [-0.1, -0.05) is 0 Å². The second-order valence-electron chi connectivity index (χ2n) is 1.69. The third-order valence-electron chi connectivity index (χ3n) is 0.938. The van der Waals surface area contributed by atoms with Crippen molar-refractivity contribution in [3.05, 3.63) is 0 Å². The molecule has 60 valence electrons. The normalized spacial score (nSPS) is 13.0. The van der Waals surface area contributed by atoms with E-state index in [1.165, 1.54) is 0 Å². The van der Waals surface area contributed by atoms with Crippen molar-refractivity contribution in [3.8, 4) is 0 Å². The number of aliphatic carboxylic acids is 1. The summed E-state index contributed by atoms with van der Waals surface area (Å²) in [5.41, 5.74) is 0. The Morgan fingerprint density at radius 1 is 1.60 bits per heavy atom. The summed E-state index contributed by atoms with van der Waals surface area (Å²) in [6, 6.07) is -1.27. The number of hydrogen-bond acceptors (Lipinski definition) is 2. The molecule has 0 bridgehead atoms. The van der Waals surface area contributed by atoms with Crippen LogP contribution in [-0.2, 0) is 4.79 Å². The van der Waals surface area contributed by atoms with Crippen LogP contribution in [0.25, 0.3) is 0 Å². The fraction of sp³-hybridized carbons (Fsp3) is 0.800. The maximum atomic E-state index is 11.7. The lowest BCUT2D eigenvalue weighted by Crippen LogP contribution is -2.39. The average molecular weight is 153 g/mol. The van der Waals surface area contributed by atoms with Crippen LogP contribution in [-0.4, -0.2) is 37.0 Å². The number of halogens is 2. The number of carboxylic acid groups (broad SMARTS) is 1. The molecule has 0 heterocycles. The fourth-order valence-electron chi connectivity index (χ4n) is 0.437. The van der Waals surface area contributed by atoms with E-state index >= 15 is 0 Å². The molecule has 0 aromatic carbocycles. The van der Waals surface area contributed by atoms with E-state index in [0.29, 0.717) is 0 Å². The van der Waals surface area contributed by atoms with Gasteiger partial charge in [0.1, 0.15) is 19.4 Å². The Kier molecular flexibility index (Phi) is 4.74. The van der Waals surface area contributed by atoms with Gasteiger partial charge in [-0.15, -0.1) is 0 Å². The van der Waals surface area contributed by atoms with Crippen LogP contribution in [0.2, 0.25) is 0 Å². The minimum Gasteiger partial charge on any atom is -0.480 e. The first-order valence-corrected chi connectivity index (χ1v) is 2.80. The van der Waals surface area contributed by atoms with Crippen molar-refractivity contribution in [2.75, 3.05) is 19.9 Å². The summed E-state index contributed by atoms with van der Waals surface area (Å²) in [5.74, 6) is -1.30. The summed E-state index contributed by atoms with van der Waals surface area (Å²) in [5, 5.41) is 10.3. The van der Waals surface area contributed by atoms with Crippen molar-refractivity contribution in [1.82, 2.24) is 5.32 Å². The number of carbonyl (C=O) groups is 1. The Labute approximate surface area is 57.0 Å². The zero-order valence-electron chi connectivity index (χ0n) is 5.31. The Morgan fingerprint density at radius 3 is 2.50 bits per heavy atom. The predicted molar refractivity (Wildman–Crippen MR) is 31.4 cm³/mol. The highest BCUT2D eigenvalue weighted by Crippen LogP contribution is 1.84. The lowest BCUT2D eigenvalue weighted by atomic mass is 10.3. The van der Waals surface area contributed by atoms with E-state index in [0.717, 1.165) is 0 Å². The van der Waals surface area contributed by atoms with Crippen molar-refractivity contribution < 1.29 is 18.7 Å². The fourth-order valence-corrected chi connectivity index (χ4v) is 0.437. The van der Waals surface area contributed by atoms with Gasteiger partial charge in [0.15, 0.2) is 0 Å². The molecule has 0 aliphatic carbocycles. The molecule has 0 amide bonds. The highest BCUT2D eigenvalue weighted by Gasteiger charge is 2.14. The van der Waals surface area contributed by atoms with Gasteiger partial charge >= 0.3 is 5.97 Å². The number of rotatable bonds is 5. The minimum atomic E-state index is -1.30. The summed E-state index contributed by atoms with van der Waals surface area (Å²) in [4.78, 5) is 10.0. The lowest BCUT2D eigenvalue weighted by molar-refractivity contribution is -0.139. The highest BCUT2D eigenvalue weighted by molar-refractivity contribution is 5.73. The maximum Gasteiger partial charge on any atom is 0.323 e. The van der Waals surface area contributed by atoms with Crippen molar-refractivity contribution >= 4 is 5.97 Å². The van der Waals surface area contributed by atoms with Gasteiger partial charge in [0, 0.05) is 6.54 Å². The number of carboxylic acids is 1. The van der Waals surface area contributed by atoms with E-state index in [2.05, 4.69) is 5.32 Å². The lowest BCUT2D eigenvalue weighted by Gasteiger charge is -2.07. The maximum absolute atomic E-state index is 11.7. The van der Waals surface area contributed by atoms with E-state index in [1.54, 1.807) is 0 Å². The predicted octanol–water partition coefficient (Wildman–Crippen LogP) is -0.0318. The third kappa shape index (κ3) is 3.34. The van der Waals surface area contributed by atoms with E-state index in [-0.39, 0.29) is 6.54 Å². The Hall–Kier alpha value is -0.710. The number of hydrogen-bond donors (Lipinski definition) is 2. The van der Waals surface area contributed by atoms with Gasteiger partial charge in [-0.05, 0) is 0 Å². The molecule has 0 spiro atoms. The van der Waals surface area contributed by atoms with Crippen LogP contribution in [0.1, 0.15) is 0 Å². The van der Waals surface area contributed by atoms with Crippen molar-refractivity contribution in [2.45, 2.75) is 6.04 Å². The summed E-state index contributed by atoms with van der Waals surface area (Å²) < 4.78 is 23.0. The Bertz CT molecular complexity index is 110. The molecule has 0 aliphatic rings. The molecule has 0 rings (SSSR count). The average Bonchev–Trinajstić information content (AvgIpc) is 1.89. The molecule has 5 heteroatoms. The zero-order valence-corrected chi connectivity index (χ0v) is 5.31. The van der Waals surface area contributed by atoms with Gasteiger partial charge in [-0.25, -0.2) is 8.78 Å². The van der Waals surface area contributed by atoms with Crippen LogP contribution in [0, 0.1) is 0 Å². The summed E-state index contributed by atoms with van der Waals surface area (Å²) >= 11 is 0. The first-order chi connectivity index (χ1) is 4.72. The molecule has 0 radical (unpaired) electrons. The highest BCUT2D eigenvalue weighted by atomic mass is 19.1. The van der Waals surface area contributed by atoms with Gasteiger partial charge < -0.3 is 5.11 Å². The molecule has 0 saturated carbocycles. The van der Waals surface area contributed by atoms with Crippen molar-refractivity contribution in [2.24, 2.45) is 0 Å². The first kappa shape index (κ1) is 9.29. The summed E-state index contributed by atoms with van der Waals surface area (Å²) in [6.45, 7) is -1.83. The SMILES string of the molecule is O=C(O)[C@H](CF)NCCF. The van der Waals surface area contributed by atoms with Crippen LogP contribution in [0.15, 0.2) is 0 Å². The molecule has 10 heavy (non-hydrogen) atoms. The second kappa shape index (κ2) is 5.10. The van der Waals surface area contributed by atoms with Gasteiger partial charge in [-0.3, -0.25) is 10.1 Å². The number of alkyl halides is 2. The van der Waals surface area contributed by atoms with Crippen LogP contribution in [0.3, 0.4) is 0 Å². The first-order valence-electron chi connectivity index (χ1n) is 2.80. The summed E-state index contributed by atoms with van der Waals surface area (Å²) in [6.07, 6.45) is 0. The quantitative estimate of drug-likeness (QED) is 0.583. The molecule has 0 saturated heterocycles. The topological polar surface area (TPSA) is 49.3 Å². The molecule has 3 nitrogen and oxygen atoms in total. The smallest absolute Gasteiger partial charge is 0.323 e. The standard InChI is InChI=1S/C5H9F2NO2/c6-1-2-8-4(3-7)5(9)10/h4,8H,1-3H2,(H,9,10)/t4-/m0/s1. The van der Waals surface area contributed by atoms with E-state index in [4.69, 9.17) is 5.11 Å². The molecular formula is C5H9F2NO2. The van der Waals surface area contributed by atoms with Crippen LogP contribution in [0.4, 0.5) is 8.78 Å². The van der Waals surface area contributed by atoms with E-state index in [9.17, 15) is 13.6 Å². The van der Waals surface area contributed by atoms with Crippen LogP contribution < -0.4 is 5.32 Å². The molecule has 0 aromatic rings. The van der Waals surface area contributed by atoms with Crippen molar-refractivity contribution in [3.63, 3.8) is 0 Å². The molecule has 1 atom stereocenters. The molecule has 0 fully saturated rings. The molecule has 0 aromatic heterocycles. The van der Waals surface area contributed by atoms with E-state index < -0.39 is 25.4 Å². The molecule has 2 N–H and O–H groups in total. The van der Waals surface area contributed by atoms with E-state index in [1.807, 2.05) is 0 Å². The van der Waals surface area contributed by atoms with Gasteiger partial charge in [-0.2, -0.15) is 0 Å². The van der Waals surface area contributed by atoms with Gasteiger partial charge in [0.05, 0.1) is 0 Å². The van der Waals surface area contributed by atoms with Crippen LogP contribution >= 0.6 is 0 Å². The van der Waals surface area contributed by atoms with Gasteiger partial charge in [0.25, 0.3) is 0 Å². The molecular weight excluding hydrogens is 144 g/mol. The molecule has 0 unspecified atom stereocenters. The largest absolute Gasteiger partial charge is 0.480 e. The Morgan fingerprint density at radius 2 is 2.20 bits per heavy atom. The van der Waals surface area contributed by atoms with Gasteiger partial charge in [0.2, 0.25) is 0 Å². The second-order valence-corrected chi connectivity index (χ2v) is 1.69. The zero-order chi connectivity index (χ0) is 7.98. The number of nitrogens with one attached hydrogen (secondary N) is 1. The monoisotopic (exact) mass is 153 g/mol. The molecule has 0 aliphatic heterocycles. The Balaban J connectivity index is 3.50. The van der Waals surface area contributed by atoms with Crippen molar-refractivity contribution in [1.29, 1.82) is 0 Å².